The summed E-state index contributed by atoms with van der Waals surface area (Å²) in [5.74, 6) is -2.15. The number of aliphatic hydroxyl groups is 3. The van der Waals surface area contributed by atoms with Crippen molar-refractivity contribution in [2.75, 3.05) is 26.4 Å². The highest BCUT2D eigenvalue weighted by Gasteiger charge is 2.39. The third-order valence-corrected chi connectivity index (χ3v) is 11.5. The average Bonchev–Trinajstić information content (AvgIpc) is 3.49. The minimum atomic E-state index is -4.90. The van der Waals surface area contributed by atoms with Gasteiger partial charge in [-0.25, -0.2) is 9.13 Å². The lowest BCUT2D eigenvalue weighted by Gasteiger charge is -2.20. The fraction of sp³-hybridized carbons (Fsp3) is 0.750. The first-order chi connectivity index (χ1) is 29.6. The smallest absolute Gasteiger partial charge is 0.462 e. The zero-order chi connectivity index (χ0) is 46.1. The summed E-state index contributed by atoms with van der Waals surface area (Å²) in [5, 5.41) is 30.5. The van der Waals surface area contributed by atoms with E-state index in [1.165, 1.54) is 25.7 Å². The summed E-state index contributed by atoms with van der Waals surface area (Å²) in [7, 11) is -9.79. The van der Waals surface area contributed by atoms with E-state index in [4.69, 9.17) is 23.8 Å². The van der Waals surface area contributed by atoms with Gasteiger partial charge in [0.25, 0.3) is 0 Å². The molecule has 7 atom stereocenters. The number of unbranched alkanes of at least 4 members (excludes halogenated alkanes) is 12. The molecule has 6 N–H and O–H groups in total. The molecule has 1 fully saturated rings. The molecule has 1 aliphatic rings. The van der Waals surface area contributed by atoms with Crippen LogP contribution in [0.3, 0.4) is 0 Å². The van der Waals surface area contributed by atoms with Gasteiger partial charge in [0.1, 0.15) is 18.5 Å². The number of rotatable bonds is 38. The van der Waals surface area contributed by atoms with Crippen LogP contribution in [0.25, 0.3) is 0 Å². The number of allylic oxidation sites excluding steroid dienone is 7. The predicted octanol–water partition coefficient (Wildman–Crippen LogP) is 8.04. The number of hydrogen-bond donors (Lipinski definition) is 6. The Balaban J connectivity index is 2.59. The Morgan fingerprint density at radius 3 is 1.97 bits per heavy atom. The van der Waals surface area contributed by atoms with Crippen LogP contribution in [0.4, 0.5) is 0 Å². The van der Waals surface area contributed by atoms with E-state index in [1.54, 1.807) is 12.2 Å². The number of carbonyl (C=O) groups is 3. The maximum atomic E-state index is 12.8. The molecule has 62 heavy (non-hydrogen) atoms. The van der Waals surface area contributed by atoms with Crippen molar-refractivity contribution in [2.45, 2.75) is 173 Å². The van der Waals surface area contributed by atoms with Gasteiger partial charge in [0.2, 0.25) is 0 Å². The number of hydrogen-bond acceptors (Lipinski definition) is 13. The third-order valence-electron chi connectivity index (χ3n) is 10.1. The monoisotopic (exact) mass is 922 g/mol. The van der Waals surface area contributed by atoms with Gasteiger partial charge in [-0.3, -0.25) is 28.0 Å². The van der Waals surface area contributed by atoms with Crippen LogP contribution in [-0.2, 0) is 46.6 Å². The second-order valence-corrected chi connectivity index (χ2v) is 18.5. The van der Waals surface area contributed by atoms with Crippen LogP contribution in [0, 0.1) is 11.8 Å². The standard InChI is InChI=1S/C44H76O16P2/c1-3-5-7-8-9-10-11-12-13-14-15-16-17-18-23-27-43(49)56-34-38(35-59-62(54,55)58-33-37(46)32-57-61(51,52)53)60-44(50)28-24-20-19-22-26-39-40(42(48)31-41(39)47)30-29-36(45)25-21-6-4-2/h10-13,19,22,29-30,36-41,45-47H,3-9,14-18,20-21,23-28,31-35H2,1-2H3,(H,54,55)(H2,51,52,53)/b11-10-,13-12-,22-19-,30-29+/t36-,37-,38+,39+,40+,41-/m0/s1. The van der Waals surface area contributed by atoms with Gasteiger partial charge in [0, 0.05) is 31.1 Å². The van der Waals surface area contributed by atoms with E-state index < -0.39 is 84.3 Å². The first kappa shape index (κ1) is 57.7. The molecule has 0 heterocycles. The van der Waals surface area contributed by atoms with E-state index in [0.29, 0.717) is 32.1 Å². The number of aliphatic hydroxyl groups excluding tert-OH is 3. The molecule has 0 aromatic carbocycles. The van der Waals surface area contributed by atoms with Crippen LogP contribution in [0.1, 0.15) is 149 Å². The van der Waals surface area contributed by atoms with E-state index in [2.05, 4.69) is 47.2 Å². The summed E-state index contributed by atoms with van der Waals surface area (Å²) in [4.78, 5) is 65.4. The van der Waals surface area contributed by atoms with Crippen molar-refractivity contribution < 1.29 is 76.6 Å². The molecule has 1 rings (SSSR count). The lowest BCUT2D eigenvalue weighted by Crippen LogP contribution is -2.29. The van der Waals surface area contributed by atoms with Gasteiger partial charge in [0.15, 0.2) is 6.10 Å². The van der Waals surface area contributed by atoms with Crippen LogP contribution >= 0.6 is 15.6 Å². The number of ether oxygens (including phenoxy) is 2. The van der Waals surface area contributed by atoms with Crippen LogP contribution < -0.4 is 0 Å². The molecule has 1 unspecified atom stereocenters. The van der Waals surface area contributed by atoms with Crippen molar-refractivity contribution in [2.24, 2.45) is 11.8 Å². The lowest BCUT2D eigenvalue weighted by atomic mass is 9.90. The Labute approximate surface area is 369 Å². The molecule has 0 saturated heterocycles. The second-order valence-electron chi connectivity index (χ2n) is 15.8. The number of ketones is 1. The molecule has 0 aliphatic heterocycles. The molecule has 1 aliphatic carbocycles. The SMILES string of the molecule is CCCCCC/C=C\C=C/CCCCCCCC(=O)OC[C@H](COP(=O)(O)OC[C@@H](O)COP(=O)(O)O)OC(=O)CCC/C=C\C[C@H]1[C@@H](O)CC(=O)[C@@H]1/C=C/[C@@H](O)CCCCC. The first-order valence-electron chi connectivity index (χ1n) is 22.5. The molecule has 16 nitrogen and oxygen atoms in total. The minimum absolute atomic E-state index is 0.0514. The van der Waals surface area contributed by atoms with Gasteiger partial charge in [-0.15, -0.1) is 0 Å². The molecule has 358 valence electrons. The number of phosphoric ester groups is 2. The number of phosphoric acid groups is 2. The normalized spacial score (nSPS) is 19.8. The second kappa shape index (κ2) is 35.0. The van der Waals surface area contributed by atoms with Crippen LogP contribution in [0.5, 0.6) is 0 Å². The van der Waals surface area contributed by atoms with Crippen LogP contribution in [0.15, 0.2) is 48.6 Å². The molecular weight excluding hydrogens is 846 g/mol. The summed E-state index contributed by atoms with van der Waals surface area (Å²) in [6.45, 7) is 1.30. The molecule has 0 radical (unpaired) electrons. The Bertz CT molecular complexity index is 1440. The highest BCUT2D eigenvalue weighted by molar-refractivity contribution is 7.47. The maximum Gasteiger partial charge on any atom is 0.472 e. The van der Waals surface area contributed by atoms with E-state index >= 15 is 0 Å². The molecule has 0 amide bonds. The topological polar surface area (TPSA) is 253 Å². The van der Waals surface area contributed by atoms with Crippen molar-refractivity contribution >= 4 is 33.4 Å². The first-order valence-corrected chi connectivity index (χ1v) is 25.5. The number of carbonyl (C=O) groups excluding carboxylic acids is 3. The van der Waals surface area contributed by atoms with Gasteiger partial charge >= 0.3 is 27.6 Å². The van der Waals surface area contributed by atoms with Crippen LogP contribution in [0.2, 0.25) is 0 Å². The fourth-order valence-corrected chi connectivity index (χ4v) is 7.71. The Morgan fingerprint density at radius 1 is 0.710 bits per heavy atom. The Kier molecular flexibility index (Phi) is 32.6. The predicted molar refractivity (Wildman–Crippen MR) is 235 cm³/mol. The number of esters is 2. The summed E-state index contributed by atoms with van der Waals surface area (Å²) in [6.07, 6.45) is 27.6. The molecule has 0 aromatic heterocycles. The zero-order valence-corrected chi connectivity index (χ0v) is 38.7. The molecular formula is C44H76O16P2. The summed E-state index contributed by atoms with van der Waals surface area (Å²) >= 11 is 0. The molecule has 0 aromatic rings. The Hall–Kier alpha value is -2.33. The van der Waals surface area contributed by atoms with E-state index in [1.807, 2.05) is 12.2 Å². The lowest BCUT2D eigenvalue weighted by molar-refractivity contribution is -0.161. The summed E-state index contributed by atoms with van der Waals surface area (Å²) in [6, 6.07) is 0. The van der Waals surface area contributed by atoms with Gasteiger partial charge in [-0.1, -0.05) is 120 Å². The maximum absolute atomic E-state index is 12.8. The Morgan fingerprint density at radius 2 is 1.29 bits per heavy atom. The summed E-state index contributed by atoms with van der Waals surface area (Å²) < 4.78 is 47.7. The van der Waals surface area contributed by atoms with E-state index in [0.717, 1.165) is 57.8 Å². The van der Waals surface area contributed by atoms with Gasteiger partial charge in [0.05, 0.1) is 32.0 Å². The van der Waals surface area contributed by atoms with Crippen molar-refractivity contribution in [3.63, 3.8) is 0 Å². The quantitative estimate of drug-likeness (QED) is 0.0113. The molecule has 18 heteroatoms. The molecule has 1 saturated carbocycles. The molecule has 0 bridgehead atoms. The van der Waals surface area contributed by atoms with Crippen molar-refractivity contribution in [3.05, 3.63) is 48.6 Å². The van der Waals surface area contributed by atoms with Crippen molar-refractivity contribution in [1.82, 2.24) is 0 Å². The zero-order valence-electron chi connectivity index (χ0n) is 36.9. The van der Waals surface area contributed by atoms with E-state index in [9.17, 15) is 43.7 Å². The highest BCUT2D eigenvalue weighted by Crippen LogP contribution is 2.44. The van der Waals surface area contributed by atoms with Crippen LogP contribution in [-0.4, -0.2) is 98.6 Å². The summed E-state index contributed by atoms with van der Waals surface area (Å²) in [5.41, 5.74) is 0. The highest BCUT2D eigenvalue weighted by atomic mass is 31.2. The fourth-order valence-electron chi connectivity index (χ4n) is 6.55. The molecule has 0 spiro atoms. The number of Topliss-reactive ketones (excluding diaryl/α,β-unsaturated/α-hetero) is 1. The third kappa shape index (κ3) is 31.5. The minimum Gasteiger partial charge on any atom is -0.462 e. The van der Waals surface area contributed by atoms with Crippen molar-refractivity contribution in [1.29, 1.82) is 0 Å². The average molecular weight is 923 g/mol. The van der Waals surface area contributed by atoms with E-state index in [-0.39, 0.29) is 31.0 Å². The van der Waals surface area contributed by atoms with Gasteiger partial charge in [-0.2, -0.15) is 0 Å². The van der Waals surface area contributed by atoms with Gasteiger partial charge < -0.3 is 39.5 Å². The largest absolute Gasteiger partial charge is 0.472 e. The van der Waals surface area contributed by atoms with Gasteiger partial charge in [-0.05, 0) is 57.8 Å². The van der Waals surface area contributed by atoms with Crippen molar-refractivity contribution in [3.8, 4) is 0 Å².